The van der Waals surface area contributed by atoms with Crippen molar-refractivity contribution in [1.82, 2.24) is 5.32 Å². The number of ketones is 1. The first kappa shape index (κ1) is 14.6. The van der Waals surface area contributed by atoms with Gasteiger partial charge in [-0.15, -0.1) is 0 Å². The third-order valence-corrected chi connectivity index (χ3v) is 3.95. The summed E-state index contributed by atoms with van der Waals surface area (Å²) in [5.41, 5.74) is 1.26. The molecule has 0 aliphatic heterocycles. The Labute approximate surface area is 119 Å². The highest BCUT2D eigenvalue weighted by Crippen LogP contribution is 2.23. The van der Waals surface area contributed by atoms with E-state index in [1.54, 1.807) is 24.3 Å². The van der Waals surface area contributed by atoms with Crippen LogP contribution in [0.3, 0.4) is 0 Å². The topological polar surface area (TPSA) is 58.2 Å². The summed E-state index contributed by atoms with van der Waals surface area (Å²) in [5.74, 6) is 0.521. The molecule has 2 N–H and O–H groups in total. The predicted molar refractivity (Wildman–Crippen MR) is 80.0 cm³/mol. The fourth-order valence-electron chi connectivity index (χ4n) is 2.68. The first-order valence-corrected chi connectivity index (χ1v) is 7.25. The zero-order valence-corrected chi connectivity index (χ0v) is 12.1. The number of hydrogen-bond donors (Lipinski definition) is 2. The zero-order valence-electron chi connectivity index (χ0n) is 12.1. The van der Waals surface area contributed by atoms with E-state index in [4.69, 9.17) is 0 Å². The summed E-state index contributed by atoms with van der Waals surface area (Å²) >= 11 is 0. The van der Waals surface area contributed by atoms with Crippen LogP contribution in [0, 0.1) is 5.92 Å². The van der Waals surface area contributed by atoms with Crippen LogP contribution in [0.15, 0.2) is 24.3 Å². The molecule has 20 heavy (non-hydrogen) atoms. The van der Waals surface area contributed by atoms with Crippen LogP contribution in [-0.4, -0.2) is 17.9 Å². The lowest BCUT2D eigenvalue weighted by atomic mass is 9.86. The van der Waals surface area contributed by atoms with E-state index in [0.29, 0.717) is 17.2 Å². The molecule has 1 fully saturated rings. The molecule has 0 heterocycles. The van der Waals surface area contributed by atoms with E-state index in [-0.39, 0.29) is 17.9 Å². The van der Waals surface area contributed by atoms with Crippen LogP contribution < -0.4 is 10.6 Å². The van der Waals surface area contributed by atoms with Crippen LogP contribution in [0.2, 0.25) is 0 Å². The van der Waals surface area contributed by atoms with Gasteiger partial charge in [0.15, 0.2) is 5.78 Å². The summed E-state index contributed by atoms with van der Waals surface area (Å²) in [6, 6.07) is 7.07. The van der Waals surface area contributed by atoms with Gasteiger partial charge in [0.1, 0.15) is 0 Å². The monoisotopic (exact) mass is 274 g/mol. The highest BCUT2D eigenvalue weighted by atomic mass is 16.2. The average Bonchev–Trinajstić information content (AvgIpc) is 2.41. The predicted octanol–water partition coefficient (Wildman–Crippen LogP) is 3.59. The van der Waals surface area contributed by atoms with Crippen LogP contribution in [0.4, 0.5) is 10.5 Å². The van der Waals surface area contributed by atoms with Gasteiger partial charge in [0.2, 0.25) is 0 Å². The smallest absolute Gasteiger partial charge is 0.319 e. The summed E-state index contributed by atoms with van der Waals surface area (Å²) < 4.78 is 0. The highest BCUT2D eigenvalue weighted by molar-refractivity contribution is 5.96. The second kappa shape index (κ2) is 6.55. The van der Waals surface area contributed by atoms with E-state index in [9.17, 15) is 9.59 Å². The van der Waals surface area contributed by atoms with Crippen molar-refractivity contribution in [3.8, 4) is 0 Å². The minimum Gasteiger partial charge on any atom is -0.335 e. The average molecular weight is 274 g/mol. The van der Waals surface area contributed by atoms with E-state index in [0.717, 1.165) is 6.42 Å². The molecule has 4 heteroatoms. The fraction of sp³-hybridized carbons (Fsp3) is 0.500. The van der Waals surface area contributed by atoms with E-state index in [1.165, 1.54) is 26.2 Å². The number of hydrogen-bond acceptors (Lipinski definition) is 2. The van der Waals surface area contributed by atoms with E-state index < -0.39 is 0 Å². The van der Waals surface area contributed by atoms with Crippen LogP contribution in [0.25, 0.3) is 0 Å². The van der Waals surface area contributed by atoms with E-state index in [1.807, 2.05) is 0 Å². The summed E-state index contributed by atoms with van der Waals surface area (Å²) in [7, 11) is 0. The second-order valence-corrected chi connectivity index (χ2v) is 5.60. The number of carbonyl (C=O) groups excluding carboxylic acids is 2. The Kier molecular flexibility index (Phi) is 4.77. The maximum atomic E-state index is 12.0. The largest absolute Gasteiger partial charge is 0.335 e. The molecule has 1 aromatic rings. The van der Waals surface area contributed by atoms with Gasteiger partial charge in [-0.2, -0.15) is 0 Å². The quantitative estimate of drug-likeness (QED) is 0.827. The molecule has 108 valence electrons. The molecule has 1 aliphatic rings. The first-order chi connectivity index (χ1) is 9.56. The van der Waals surface area contributed by atoms with Crippen LogP contribution in [0.5, 0.6) is 0 Å². The lowest BCUT2D eigenvalue weighted by molar-refractivity contribution is 0.101. The summed E-state index contributed by atoms with van der Waals surface area (Å²) in [4.78, 5) is 23.3. The lowest BCUT2D eigenvalue weighted by Gasteiger charge is -2.29. The van der Waals surface area contributed by atoms with Crippen molar-refractivity contribution in [3.63, 3.8) is 0 Å². The van der Waals surface area contributed by atoms with E-state index >= 15 is 0 Å². The van der Waals surface area contributed by atoms with Crippen molar-refractivity contribution in [2.75, 3.05) is 5.32 Å². The van der Waals surface area contributed by atoms with Crippen molar-refractivity contribution in [2.45, 2.75) is 45.6 Å². The summed E-state index contributed by atoms with van der Waals surface area (Å²) in [6.45, 7) is 3.70. The molecule has 0 radical (unpaired) electrons. The third-order valence-electron chi connectivity index (χ3n) is 3.95. The van der Waals surface area contributed by atoms with Crippen LogP contribution in [0.1, 0.15) is 49.9 Å². The Hall–Kier alpha value is -1.84. The van der Waals surface area contributed by atoms with E-state index in [2.05, 4.69) is 17.6 Å². The van der Waals surface area contributed by atoms with Crippen molar-refractivity contribution in [1.29, 1.82) is 0 Å². The van der Waals surface area contributed by atoms with Gasteiger partial charge in [-0.1, -0.05) is 31.9 Å². The molecule has 2 amide bonds. The van der Waals surface area contributed by atoms with Crippen LogP contribution >= 0.6 is 0 Å². The number of urea groups is 1. The number of anilines is 1. The first-order valence-electron chi connectivity index (χ1n) is 7.25. The number of carbonyl (C=O) groups is 2. The SMILES string of the molecule is CC(=O)c1cccc(NC(=O)N[C@@H]2CCCC[C@H]2C)c1. The van der Waals surface area contributed by atoms with Gasteiger partial charge in [-0.3, -0.25) is 4.79 Å². The number of amides is 2. The minimum atomic E-state index is -0.190. The van der Waals surface area contributed by atoms with Crippen molar-refractivity contribution >= 4 is 17.5 Å². The number of Topliss-reactive ketones (excluding diaryl/α,β-unsaturated/α-hetero) is 1. The Morgan fingerprint density at radius 3 is 2.65 bits per heavy atom. The van der Waals surface area contributed by atoms with Gasteiger partial charge in [-0.25, -0.2) is 4.79 Å². The Morgan fingerprint density at radius 2 is 1.95 bits per heavy atom. The molecule has 0 saturated heterocycles. The Morgan fingerprint density at radius 1 is 1.20 bits per heavy atom. The number of rotatable bonds is 3. The molecule has 1 aromatic carbocycles. The van der Waals surface area contributed by atoms with Crippen LogP contribution in [-0.2, 0) is 0 Å². The maximum absolute atomic E-state index is 12.0. The van der Waals surface area contributed by atoms with Gasteiger partial charge < -0.3 is 10.6 Å². The summed E-state index contributed by atoms with van der Waals surface area (Å²) in [5, 5.41) is 5.83. The van der Waals surface area contributed by atoms with Gasteiger partial charge in [0, 0.05) is 17.3 Å². The molecule has 2 rings (SSSR count). The molecule has 2 atom stereocenters. The van der Waals surface area contributed by atoms with Crippen molar-refractivity contribution < 1.29 is 9.59 Å². The van der Waals surface area contributed by atoms with Gasteiger partial charge in [0.05, 0.1) is 0 Å². The third kappa shape index (κ3) is 3.83. The Balaban J connectivity index is 1.94. The zero-order chi connectivity index (χ0) is 14.5. The van der Waals surface area contributed by atoms with Crippen molar-refractivity contribution in [3.05, 3.63) is 29.8 Å². The fourth-order valence-corrected chi connectivity index (χ4v) is 2.68. The molecule has 0 spiro atoms. The molecule has 1 saturated carbocycles. The highest BCUT2D eigenvalue weighted by Gasteiger charge is 2.22. The van der Waals surface area contributed by atoms with Gasteiger partial charge in [-0.05, 0) is 37.8 Å². The Bertz CT molecular complexity index is 499. The standard InChI is InChI=1S/C16H22N2O2/c1-11-6-3-4-9-15(11)18-16(20)17-14-8-5-7-13(10-14)12(2)19/h5,7-8,10-11,15H,3-4,6,9H2,1-2H3,(H2,17,18,20)/t11-,15-/m1/s1. The molecule has 0 bridgehead atoms. The molecular weight excluding hydrogens is 252 g/mol. The molecular formula is C16H22N2O2. The minimum absolute atomic E-state index is 0.00467. The molecule has 4 nitrogen and oxygen atoms in total. The summed E-state index contributed by atoms with van der Waals surface area (Å²) in [6.07, 6.45) is 4.64. The molecule has 0 unspecified atom stereocenters. The molecule has 1 aliphatic carbocycles. The molecule has 0 aromatic heterocycles. The maximum Gasteiger partial charge on any atom is 0.319 e. The normalized spacial score (nSPS) is 22.1. The lowest BCUT2D eigenvalue weighted by Crippen LogP contribution is -2.43. The number of nitrogens with one attached hydrogen (secondary N) is 2. The van der Waals surface area contributed by atoms with Gasteiger partial charge >= 0.3 is 6.03 Å². The second-order valence-electron chi connectivity index (χ2n) is 5.60. The van der Waals surface area contributed by atoms with Gasteiger partial charge in [0.25, 0.3) is 0 Å². The van der Waals surface area contributed by atoms with Crippen molar-refractivity contribution in [2.24, 2.45) is 5.92 Å². The number of benzene rings is 1.